The summed E-state index contributed by atoms with van der Waals surface area (Å²) in [6, 6.07) is 13.8. The van der Waals surface area contributed by atoms with E-state index >= 15 is 0 Å². The van der Waals surface area contributed by atoms with Gasteiger partial charge in [-0.2, -0.15) is 5.10 Å². The maximum absolute atomic E-state index is 13.5. The van der Waals surface area contributed by atoms with Crippen LogP contribution in [0.15, 0.2) is 65.8 Å². The molecular formula is C26H29N9O. The number of nitrogens with one attached hydrogen (secondary N) is 1. The van der Waals surface area contributed by atoms with E-state index in [1.165, 1.54) is 0 Å². The summed E-state index contributed by atoms with van der Waals surface area (Å²) in [6.07, 6.45) is 9.38. The summed E-state index contributed by atoms with van der Waals surface area (Å²) in [5, 5.41) is 18.6. The van der Waals surface area contributed by atoms with E-state index in [0.717, 1.165) is 66.1 Å². The van der Waals surface area contributed by atoms with Gasteiger partial charge in [0, 0.05) is 41.8 Å². The van der Waals surface area contributed by atoms with Gasteiger partial charge in [-0.3, -0.25) is 14.1 Å². The van der Waals surface area contributed by atoms with Gasteiger partial charge in [-0.25, -0.2) is 14.6 Å². The van der Waals surface area contributed by atoms with Crippen LogP contribution in [0.1, 0.15) is 44.5 Å². The molecule has 5 rings (SSSR count). The Bertz CT molecular complexity index is 1480. The molecule has 4 heterocycles. The Morgan fingerprint density at radius 1 is 1.00 bits per heavy atom. The van der Waals surface area contributed by atoms with E-state index < -0.39 is 0 Å². The lowest BCUT2D eigenvalue weighted by atomic mass is 10.0. The lowest BCUT2D eigenvalue weighted by molar-refractivity contribution is 0.581. The molecule has 5 aromatic rings. The van der Waals surface area contributed by atoms with Crippen molar-refractivity contribution >= 4 is 0 Å². The molecule has 4 aromatic heterocycles. The second-order valence-corrected chi connectivity index (χ2v) is 8.71. The Labute approximate surface area is 208 Å². The van der Waals surface area contributed by atoms with Crippen molar-refractivity contribution in [3.05, 3.63) is 82.9 Å². The number of pyridine rings is 1. The van der Waals surface area contributed by atoms with Crippen LogP contribution in [0, 0.1) is 0 Å². The molecule has 0 spiro atoms. The van der Waals surface area contributed by atoms with Crippen molar-refractivity contribution in [2.75, 3.05) is 0 Å². The predicted molar refractivity (Wildman–Crippen MR) is 137 cm³/mol. The average Bonchev–Trinajstić information content (AvgIpc) is 3.66. The van der Waals surface area contributed by atoms with Gasteiger partial charge in [0.2, 0.25) is 0 Å². The molecule has 36 heavy (non-hydrogen) atoms. The molecule has 184 valence electrons. The fourth-order valence-electron chi connectivity index (χ4n) is 4.39. The number of unbranched alkanes of at least 4 members (excludes halogenated alkanes) is 1. The van der Waals surface area contributed by atoms with Gasteiger partial charge in [-0.15, -0.1) is 5.10 Å². The molecule has 0 radical (unpaired) electrons. The van der Waals surface area contributed by atoms with E-state index in [9.17, 15) is 4.79 Å². The molecule has 1 aromatic carbocycles. The summed E-state index contributed by atoms with van der Waals surface area (Å²) >= 11 is 0. The molecule has 0 aliphatic heterocycles. The zero-order chi connectivity index (χ0) is 24.9. The van der Waals surface area contributed by atoms with Crippen molar-refractivity contribution in [1.29, 1.82) is 0 Å². The number of hydrogen-bond acceptors (Lipinski definition) is 6. The van der Waals surface area contributed by atoms with Crippen LogP contribution in [0.5, 0.6) is 0 Å². The Morgan fingerprint density at radius 3 is 2.58 bits per heavy atom. The minimum atomic E-state index is -0.0759. The van der Waals surface area contributed by atoms with Gasteiger partial charge in [0.15, 0.2) is 5.82 Å². The van der Waals surface area contributed by atoms with E-state index in [4.69, 9.17) is 4.98 Å². The highest BCUT2D eigenvalue weighted by molar-refractivity contribution is 5.79. The number of rotatable bonds is 10. The van der Waals surface area contributed by atoms with Crippen molar-refractivity contribution in [3.8, 4) is 28.3 Å². The maximum Gasteiger partial charge on any atom is 0.334 e. The van der Waals surface area contributed by atoms with Gasteiger partial charge in [0.25, 0.3) is 0 Å². The van der Waals surface area contributed by atoms with Gasteiger partial charge in [0.05, 0.1) is 18.4 Å². The first-order chi connectivity index (χ1) is 17.7. The van der Waals surface area contributed by atoms with Gasteiger partial charge in [-0.1, -0.05) is 50.6 Å². The number of benzene rings is 1. The lowest BCUT2D eigenvalue weighted by Gasteiger charge is -2.09. The zero-order valence-corrected chi connectivity index (χ0v) is 20.5. The number of imidazole rings is 1. The van der Waals surface area contributed by atoms with Crippen molar-refractivity contribution in [2.45, 2.75) is 52.6 Å². The van der Waals surface area contributed by atoms with Gasteiger partial charge < -0.3 is 0 Å². The maximum atomic E-state index is 13.5. The first-order valence-corrected chi connectivity index (χ1v) is 12.3. The van der Waals surface area contributed by atoms with E-state index in [-0.39, 0.29) is 5.69 Å². The average molecular weight is 484 g/mol. The van der Waals surface area contributed by atoms with Crippen LogP contribution in [0.25, 0.3) is 28.3 Å². The molecule has 0 aliphatic carbocycles. The fourth-order valence-corrected chi connectivity index (χ4v) is 4.39. The van der Waals surface area contributed by atoms with Gasteiger partial charge in [0.1, 0.15) is 5.82 Å². The number of tetrazole rings is 1. The molecule has 0 saturated carbocycles. The molecule has 0 fully saturated rings. The van der Waals surface area contributed by atoms with Crippen LogP contribution in [-0.4, -0.2) is 44.5 Å². The van der Waals surface area contributed by atoms with Crippen LogP contribution in [-0.2, 0) is 19.5 Å². The second-order valence-electron chi connectivity index (χ2n) is 8.71. The summed E-state index contributed by atoms with van der Waals surface area (Å²) < 4.78 is 5.42. The van der Waals surface area contributed by atoms with Gasteiger partial charge >= 0.3 is 5.69 Å². The normalized spacial score (nSPS) is 11.3. The molecule has 0 amide bonds. The third-order valence-corrected chi connectivity index (χ3v) is 6.21. The molecule has 10 heteroatoms. The number of aromatic nitrogens is 9. The second kappa shape index (κ2) is 10.5. The van der Waals surface area contributed by atoms with Crippen LogP contribution in [0.2, 0.25) is 0 Å². The first kappa shape index (κ1) is 23.4. The Kier molecular flexibility index (Phi) is 6.83. The van der Waals surface area contributed by atoms with Crippen molar-refractivity contribution in [3.63, 3.8) is 0 Å². The standard InChI is InChI=1S/C26H29N9O/c1-3-5-8-21-18-34(24-13-14-28-35(24)15-4-2)26(36)33(21)17-20-12-11-19(16-27-20)22-9-6-7-10-23(22)25-29-31-32-30-25/h6-7,9-14,16,18H,3-5,8,15,17H2,1-2H3,(H,29,30,31,32). The number of aryl methyl sites for hydroxylation is 2. The van der Waals surface area contributed by atoms with Crippen LogP contribution >= 0.6 is 0 Å². The highest BCUT2D eigenvalue weighted by Crippen LogP contribution is 2.29. The number of H-pyrrole nitrogens is 1. The number of nitrogens with zero attached hydrogens (tertiary/aromatic N) is 8. The Balaban J connectivity index is 1.46. The SMILES string of the molecule is CCCCc1cn(-c2ccnn2CCC)c(=O)n1Cc1ccc(-c2ccccc2-c2nnn[nH]2)cn1. The van der Waals surface area contributed by atoms with Crippen LogP contribution < -0.4 is 5.69 Å². The highest BCUT2D eigenvalue weighted by Gasteiger charge is 2.16. The topological polar surface area (TPSA) is 112 Å². The molecule has 1 N–H and O–H groups in total. The van der Waals surface area contributed by atoms with E-state index in [0.29, 0.717) is 12.4 Å². The zero-order valence-electron chi connectivity index (χ0n) is 20.5. The number of hydrogen-bond donors (Lipinski definition) is 1. The fraction of sp³-hybridized carbons (Fsp3) is 0.308. The van der Waals surface area contributed by atoms with E-state index in [1.807, 2.05) is 64.1 Å². The van der Waals surface area contributed by atoms with Crippen LogP contribution in [0.3, 0.4) is 0 Å². The monoisotopic (exact) mass is 483 g/mol. The van der Waals surface area contributed by atoms with E-state index in [1.54, 1.807) is 10.8 Å². The molecule has 0 aliphatic rings. The molecule has 0 unspecified atom stereocenters. The Hall–Kier alpha value is -4.34. The first-order valence-electron chi connectivity index (χ1n) is 12.3. The number of aromatic amines is 1. The molecule has 0 bridgehead atoms. The molecule has 0 atom stereocenters. The quantitative estimate of drug-likeness (QED) is 0.323. The molecule has 0 saturated heterocycles. The summed E-state index contributed by atoms with van der Waals surface area (Å²) in [7, 11) is 0. The largest absolute Gasteiger partial charge is 0.334 e. The minimum absolute atomic E-state index is 0.0759. The molecular weight excluding hydrogens is 454 g/mol. The Morgan fingerprint density at radius 2 is 1.86 bits per heavy atom. The minimum Gasteiger partial charge on any atom is -0.290 e. The predicted octanol–water partition coefficient (Wildman–Crippen LogP) is 3.88. The van der Waals surface area contributed by atoms with Crippen molar-refractivity contribution in [2.24, 2.45) is 0 Å². The summed E-state index contributed by atoms with van der Waals surface area (Å²) in [5.41, 5.74) is 4.57. The van der Waals surface area contributed by atoms with Crippen molar-refractivity contribution in [1.82, 2.24) is 44.5 Å². The highest BCUT2D eigenvalue weighted by atomic mass is 16.1. The van der Waals surface area contributed by atoms with E-state index in [2.05, 4.69) is 39.6 Å². The van der Waals surface area contributed by atoms with Gasteiger partial charge in [-0.05, 0) is 41.3 Å². The smallest absolute Gasteiger partial charge is 0.290 e. The third kappa shape index (κ3) is 4.61. The summed E-state index contributed by atoms with van der Waals surface area (Å²) in [4.78, 5) is 18.2. The summed E-state index contributed by atoms with van der Waals surface area (Å²) in [5.74, 6) is 1.39. The molecule has 10 nitrogen and oxygen atoms in total. The van der Waals surface area contributed by atoms with Crippen LogP contribution in [0.4, 0.5) is 0 Å². The summed E-state index contributed by atoms with van der Waals surface area (Å²) in [6.45, 7) is 5.42. The third-order valence-electron chi connectivity index (χ3n) is 6.21. The lowest BCUT2D eigenvalue weighted by Crippen LogP contribution is -2.26. The van der Waals surface area contributed by atoms with Crippen molar-refractivity contribution < 1.29 is 0 Å².